The van der Waals surface area contributed by atoms with Gasteiger partial charge < -0.3 is 19.9 Å². The second-order valence-electron chi connectivity index (χ2n) is 8.70. The van der Waals surface area contributed by atoms with E-state index in [1.54, 1.807) is 16.2 Å². The fraction of sp³-hybridized carbons (Fsp3) is 0.379. The Morgan fingerprint density at radius 2 is 1.69 bits per heavy atom. The van der Waals surface area contributed by atoms with Gasteiger partial charge >= 0.3 is 6.03 Å². The van der Waals surface area contributed by atoms with Gasteiger partial charge in [-0.05, 0) is 62.1 Å². The highest BCUT2D eigenvalue weighted by molar-refractivity contribution is 7.11. The Labute approximate surface area is 218 Å². The van der Waals surface area contributed by atoms with Gasteiger partial charge in [-0.1, -0.05) is 49.4 Å². The zero-order chi connectivity index (χ0) is 25.8. The summed E-state index contributed by atoms with van der Waals surface area (Å²) in [5.41, 5.74) is 2.94. The van der Waals surface area contributed by atoms with Gasteiger partial charge in [-0.3, -0.25) is 4.79 Å². The molecule has 1 aromatic heterocycles. The van der Waals surface area contributed by atoms with Gasteiger partial charge in [0, 0.05) is 41.7 Å². The minimum atomic E-state index is -0.278. The molecule has 1 N–H and O–H groups in total. The van der Waals surface area contributed by atoms with E-state index >= 15 is 0 Å². The van der Waals surface area contributed by atoms with Gasteiger partial charge in [0.1, 0.15) is 6.54 Å². The summed E-state index contributed by atoms with van der Waals surface area (Å²) in [4.78, 5) is 32.6. The molecule has 0 aliphatic heterocycles. The molecule has 1 heterocycles. The number of anilines is 1. The molecule has 3 aromatic rings. The predicted molar refractivity (Wildman–Crippen MR) is 147 cm³/mol. The summed E-state index contributed by atoms with van der Waals surface area (Å²) in [6, 6.07) is 21.6. The molecule has 0 aliphatic rings. The lowest BCUT2D eigenvalue weighted by molar-refractivity contribution is -0.133. The largest absolute Gasteiger partial charge is 0.382 e. The Bertz CT molecular complexity index is 1100. The fourth-order valence-electron chi connectivity index (χ4n) is 3.88. The van der Waals surface area contributed by atoms with Crippen LogP contribution in [0, 0.1) is 6.92 Å². The SMILES string of the molecule is CCOCCCN(CC(=O)N(Cc1ccccc1)Cc1ccc(C)s1)C(=O)Nc1cccc(CC)c1. The number of rotatable bonds is 13. The van der Waals surface area contributed by atoms with E-state index in [0.29, 0.717) is 39.3 Å². The zero-order valence-corrected chi connectivity index (χ0v) is 22.4. The summed E-state index contributed by atoms with van der Waals surface area (Å²) in [6.07, 6.45) is 1.54. The van der Waals surface area contributed by atoms with E-state index in [4.69, 9.17) is 4.74 Å². The van der Waals surface area contributed by atoms with E-state index in [1.165, 1.54) is 4.88 Å². The van der Waals surface area contributed by atoms with Crippen LogP contribution in [-0.4, -0.2) is 48.0 Å². The van der Waals surface area contributed by atoms with Crippen LogP contribution in [0.2, 0.25) is 0 Å². The van der Waals surface area contributed by atoms with Gasteiger partial charge in [-0.15, -0.1) is 11.3 Å². The maximum atomic E-state index is 13.6. The minimum Gasteiger partial charge on any atom is -0.382 e. The molecule has 6 nitrogen and oxygen atoms in total. The number of nitrogens with zero attached hydrogens (tertiary/aromatic N) is 2. The van der Waals surface area contributed by atoms with Gasteiger partial charge in [-0.2, -0.15) is 0 Å². The molecule has 2 aromatic carbocycles. The Kier molecular flexibility index (Phi) is 11.0. The van der Waals surface area contributed by atoms with Crippen molar-refractivity contribution in [2.45, 2.75) is 46.7 Å². The van der Waals surface area contributed by atoms with Gasteiger partial charge in [0.15, 0.2) is 0 Å². The van der Waals surface area contributed by atoms with Crippen molar-refractivity contribution in [1.29, 1.82) is 0 Å². The molecular weight excluding hydrogens is 470 g/mol. The molecule has 0 spiro atoms. The molecule has 0 aliphatic carbocycles. The lowest BCUT2D eigenvalue weighted by Crippen LogP contribution is -2.44. The van der Waals surface area contributed by atoms with Crippen molar-refractivity contribution in [2.75, 3.05) is 31.6 Å². The standard InChI is InChI=1S/C29H37N3O3S/c1-4-24-13-9-14-26(19-24)30-29(34)31(17-10-18-35-5-2)22-28(33)32(20-25-11-7-6-8-12-25)21-27-16-15-23(3)36-27/h6-9,11-16,19H,4-5,10,17-18,20-22H2,1-3H3,(H,30,34). The van der Waals surface area contributed by atoms with Crippen LogP contribution in [0.1, 0.15) is 41.1 Å². The third-order valence-electron chi connectivity index (χ3n) is 5.83. The molecule has 0 saturated heterocycles. The quantitative estimate of drug-likeness (QED) is 0.284. The molecule has 0 bridgehead atoms. The summed E-state index contributed by atoms with van der Waals surface area (Å²) < 4.78 is 5.47. The molecule has 3 rings (SSSR count). The van der Waals surface area contributed by atoms with Crippen molar-refractivity contribution in [1.82, 2.24) is 9.80 Å². The van der Waals surface area contributed by atoms with Crippen LogP contribution < -0.4 is 5.32 Å². The number of hydrogen-bond donors (Lipinski definition) is 1. The third-order valence-corrected chi connectivity index (χ3v) is 6.82. The lowest BCUT2D eigenvalue weighted by atomic mass is 10.1. The van der Waals surface area contributed by atoms with Crippen molar-refractivity contribution in [2.24, 2.45) is 0 Å². The summed E-state index contributed by atoms with van der Waals surface area (Å²) in [5.74, 6) is -0.0845. The average molecular weight is 508 g/mol. The van der Waals surface area contributed by atoms with E-state index in [2.05, 4.69) is 31.3 Å². The first kappa shape index (κ1) is 27.4. The Balaban J connectivity index is 1.75. The first-order chi connectivity index (χ1) is 17.5. The highest BCUT2D eigenvalue weighted by Gasteiger charge is 2.22. The van der Waals surface area contributed by atoms with Gasteiger partial charge in [0.2, 0.25) is 5.91 Å². The zero-order valence-electron chi connectivity index (χ0n) is 21.5. The molecule has 0 fully saturated rings. The monoisotopic (exact) mass is 507 g/mol. The van der Waals surface area contributed by atoms with Crippen LogP contribution in [-0.2, 0) is 29.0 Å². The first-order valence-electron chi connectivity index (χ1n) is 12.6. The van der Waals surface area contributed by atoms with Crippen LogP contribution in [0.25, 0.3) is 0 Å². The van der Waals surface area contributed by atoms with E-state index in [-0.39, 0.29) is 18.5 Å². The molecule has 192 valence electrons. The van der Waals surface area contributed by atoms with Crippen molar-refractivity contribution in [3.63, 3.8) is 0 Å². The molecule has 0 saturated carbocycles. The highest BCUT2D eigenvalue weighted by atomic mass is 32.1. The Morgan fingerprint density at radius 3 is 2.39 bits per heavy atom. The number of nitrogens with one attached hydrogen (secondary N) is 1. The van der Waals surface area contributed by atoms with Crippen molar-refractivity contribution in [3.05, 3.63) is 87.6 Å². The Morgan fingerprint density at radius 1 is 0.917 bits per heavy atom. The highest BCUT2D eigenvalue weighted by Crippen LogP contribution is 2.19. The van der Waals surface area contributed by atoms with Gasteiger partial charge in [-0.25, -0.2) is 4.79 Å². The number of hydrogen-bond acceptors (Lipinski definition) is 4. The molecule has 7 heteroatoms. The summed E-state index contributed by atoms with van der Waals surface area (Å²) in [5, 5.41) is 2.98. The number of ether oxygens (including phenoxy) is 1. The normalized spacial score (nSPS) is 10.8. The number of benzene rings is 2. The predicted octanol–water partition coefficient (Wildman–Crippen LogP) is 6.11. The molecule has 0 radical (unpaired) electrons. The van der Waals surface area contributed by atoms with Crippen LogP contribution in [0.3, 0.4) is 0 Å². The smallest absolute Gasteiger partial charge is 0.322 e. The minimum absolute atomic E-state index is 0.00260. The number of amides is 3. The van der Waals surface area contributed by atoms with E-state index in [0.717, 1.165) is 28.1 Å². The van der Waals surface area contributed by atoms with Crippen LogP contribution >= 0.6 is 11.3 Å². The van der Waals surface area contributed by atoms with E-state index in [1.807, 2.05) is 66.4 Å². The topological polar surface area (TPSA) is 61.9 Å². The maximum Gasteiger partial charge on any atom is 0.322 e. The summed E-state index contributed by atoms with van der Waals surface area (Å²) in [7, 11) is 0. The van der Waals surface area contributed by atoms with Gasteiger partial charge in [0.25, 0.3) is 0 Å². The lowest BCUT2D eigenvalue weighted by Gasteiger charge is -2.28. The molecule has 36 heavy (non-hydrogen) atoms. The molecule has 0 atom stereocenters. The molecule has 3 amide bonds. The maximum absolute atomic E-state index is 13.6. The Hall–Kier alpha value is -3.16. The third kappa shape index (κ3) is 8.81. The number of carbonyl (C=O) groups is 2. The van der Waals surface area contributed by atoms with Crippen molar-refractivity contribution in [3.8, 4) is 0 Å². The van der Waals surface area contributed by atoms with Gasteiger partial charge in [0.05, 0.1) is 6.54 Å². The van der Waals surface area contributed by atoms with Crippen molar-refractivity contribution >= 4 is 29.0 Å². The number of urea groups is 1. The van der Waals surface area contributed by atoms with E-state index < -0.39 is 0 Å². The van der Waals surface area contributed by atoms with Crippen LogP contribution in [0.15, 0.2) is 66.7 Å². The fourth-order valence-corrected chi connectivity index (χ4v) is 4.79. The number of thiophene rings is 1. The molecule has 0 unspecified atom stereocenters. The van der Waals surface area contributed by atoms with Crippen molar-refractivity contribution < 1.29 is 14.3 Å². The van der Waals surface area contributed by atoms with Crippen LogP contribution in [0.5, 0.6) is 0 Å². The number of aryl methyl sites for hydroxylation is 2. The number of carbonyl (C=O) groups excluding carboxylic acids is 2. The molecular formula is C29H37N3O3S. The second kappa shape index (κ2) is 14.4. The summed E-state index contributed by atoms with van der Waals surface area (Å²) >= 11 is 1.69. The second-order valence-corrected chi connectivity index (χ2v) is 10.1. The average Bonchev–Trinajstić information content (AvgIpc) is 3.30. The summed E-state index contributed by atoms with van der Waals surface area (Å²) in [6.45, 7) is 8.70. The van der Waals surface area contributed by atoms with E-state index in [9.17, 15) is 9.59 Å². The first-order valence-corrected chi connectivity index (χ1v) is 13.4. The van der Waals surface area contributed by atoms with Crippen LogP contribution in [0.4, 0.5) is 10.5 Å².